The lowest BCUT2D eigenvalue weighted by Gasteiger charge is -2.19. The van der Waals surface area contributed by atoms with Crippen LogP contribution in [0.3, 0.4) is 0 Å². The number of ether oxygens (including phenoxy) is 3. The summed E-state index contributed by atoms with van der Waals surface area (Å²) in [5.41, 5.74) is 3.02. The minimum absolute atomic E-state index is 0.0559. The van der Waals surface area contributed by atoms with Crippen LogP contribution >= 0.6 is 0 Å². The van der Waals surface area contributed by atoms with Crippen LogP contribution in [0.15, 0.2) is 54.7 Å². The molecular weight excluding hydrogens is 446 g/mol. The van der Waals surface area contributed by atoms with Crippen LogP contribution in [0.4, 0.5) is 5.69 Å². The number of carbonyl (C=O) groups excluding carboxylic acids is 1. The van der Waals surface area contributed by atoms with E-state index in [0.29, 0.717) is 58.4 Å². The molecule has 0 bridgehead atoms. The Bertz CT molecular complexity index is 1450. The number of pyridine rings is 1. The Balaban J connectivity index is 1.56. The van der Waals surface area contributed by atoms with Crippen LogP contribution in [0.5, 0.6) is 17.2 Å². The zero-order valence-electron chi connectivity index (χ0n) is 19.3. The fourth-order valence-corrected chi connectivity index (χ4v) is 3.91. The zero-order chi connectivity index (χ0) is 24.4. The molecule has 9 heteroatoms. The SMILES string of the molecule is CC(C)n1ncc2c(C(=O)Nc3cccc(OCC#N)c3)cc(-c3ccc4c(c3)OCCO4)nc21. The number of carbonyl (C=O) groups is 1. The van der Waals surface area contributed by atoms with E-state index in [9.17, 15) is 4.79 Å². The lowest BCUT2D eigenvalue weighted by atomic mass is 10.1. The number of nitriles is 1. The summed E-state index contributed by atoms with van der Waals surface area (Å²) < 4.78 is 18.5. The number of nitrogens with one attached hydrogen (secondary N) is 1. The van der Waals surface area contributed by atoms with Crippen molar-refractivity contribution < 1.29 is 19.0 Å². The first kappa shape index (κ1) is 22.2. The number of hydrogen-bond donors (Lipinski definition) is 1. The Morgan fingerprint density at radius 3 is 2.80 bits per heavy atom. The van der Waals surface area contributed by atoms with E-state index in [2.05, 4.69) is 10.4 Å². The maximum Gasteiger partial charge on any atom is 0.256 e. The van der Waals surface area contributed by atoms with Crippen LogP contribution in [0.2, 0.25) is 0 Å². The number of nitrogens with zero attached hydrogens (tertiary/aromatic N) is 4. The molecule has 0 saturated carbocycles. The lowest BCUT2D eigenvalue weighted by molar-refractivity contribution is 0.102. The second-order valence-electron chi connectivity index (χ2n) is 8.26. The number of fused-ring (bicyclic) bond motifs is 2. The van der Waals surface area contributed by atoms with Crippen molar-refractivity contribution in [3.63, 3.8) is 0 Å². The van der Waals surface area contributed by atoms with E-state index >= 15 is 0 Å². The molecular formula is C26H23N5O4. The summed E-state index contributed by atoms with van der Waals surface area (Å²) in [5, 5.41) is 16.8. The molecule has 4 aromatic rings. The molecule has 3 heterocycles. The monoisotopic (exact) mass is 469 g/mol. The van der Waals surface area contributed by atoms with Gasteiger partial charge in [0.1, 0.15) is 25.0 Å². The van der Waals surface area contributed by atoms with Crippen molar-refractivity contribution in [3.05, 3.63) is 60.3 Å². The highest BCUT2D eigenvalue weighted by Gasteiger charge is 2.20. The van der Waals surface area contributed by atoms with Gasteiger partial charge in [-0.25, -0.2) is 9.67 Å². The summed E-state index contributed by atoms with van der Waals surface area (Å²) in [5.74, 6) is 1.52. The summed E-state index contributed by atoms with van der Waals surface area (Å²) >= 11 is 0. The summed E-state index contributed by atoms with van der Waals surface area (Å²) in [4.78, 5) is 18.3. The van der Waals surface area contributed by atoms with Gasteiger partial charge in [0.05, 0.1) is 22.8 Å². The first-order chi connectivity index (χ1) is 17.0. The van der Waals surface area contributed by atoms with E-state index in [1.54, 1.807) is 41.2 Å². The zero-order valence-corrected chi connectivity index (χ0v) is 19.3. The Hall–Kier alpha value is -4.58. The Morgan fingerprint density at radius 2 is 2.00 bits per heavy atom. The molecule has 1 aliphatic rings. The van der Waals surface area contributed by atoms with E-state index in [1.165, 1.54) is 0 Å². The van der Waals surface area contributed by atoms with E-state index in [1.807, 2.05) is 38.1 Å². The van der Waals surface area contributed by atoms with Crippen LogP contribution in [0.1, 0.15) is 30.2 Å². The van der Waals surface area contributed by atoms with Gasteiger partial charge in [0.2, 0.25) is 0 Å². The minimum atomic E-state index is -0.308. The number of amides is 1. The molecule has 0 saturated heterocycles. The standard InChI is InChI=1S/C26H23N5O4/c1-16(2)31-25-21(15-28-31)20(26(32)29-18-4-3-5-19(13-18)33-9-8-27)14-22(30-25)17-6-7-23-24(12-17)35-11-10-34-23/h3-7,12-16H,9-11H2,1-2H3,(H,29,32). The molecule has 35 heavy (non-hydrogen) atoms. The highest BCUT2D eigenvalue weighted by atomic mass is 16.6. The molecule has 0 fully saturated rings. The normalized spacial score (nSPS) is 12.4. The van der Waals surface area contributed by atoms with Crippen molar-refractivity contribution in [1.82, 2.24) is 14.8 Å². The summed E-state index contributed by atoms with van der Waals surface area (Å²) in [6.45, 7) is 4.94. The molecule has 0 atom stereocenters. The maximum atomic E-state index is 13.4. The fraction of sp³-hybridized carbons (Fsp3) is 0.231. The van der Waals surface area contributed by atoms with Gasteiger partial charge in [-0.2, -0.15) is 10.4 Å². The number of aromatic nitrogens is 3. The van der Waals surface area contributed by atoms with Crippen molar-refractivity contribution >= 4 is 22.6 Å². The molecule has 1 N–H and O–H groups in total. The number of rotatable bonds is 6. The third kappa shape index (κ3) is 4.46. The highest BCUT2D eigenvalue weighted by Crippen LogP contribution is 2.35. The molecule has 0 unspecified atom stereocenters. The van der Waals surface area contributed by atoms with Crippen LogP contribution < -0.4 is 19.5 Å². The number of benzene rings is 2. The number of hydrogen-bond acceptors (Lipinski definition) is 7. The van der Waals surface area contributed by atoms with Crippen LogP contribution in [0, 0.1) is 11.3 Å². The van der Waals surface area contributed by atoms with Crippen molar-refractivity contribution in [2.75, 3.05) is 25.1 Å². The topological polar surface area (TPSA) is 111 Å². The van der Waals surface area contributed by atoms with Crippen molar-refractivity contribution in [1.29, 1.82) is 5.26 Å². The van der Waals surface area contributed by atoms with Gasteiger partial charge in [0.15, 0.2) is 23.8 Å². The molecule has 5 rings (SSSR count). The second kappa shape index (κ2) is 9.35. The van der Waals surface area contributed by atoms with Gasteiger partial charge in [-0.3, -0.25) is 4.79 Å². The molecule has 1 aliphatic heterocycles. The third-order valence-electron chi connectivity index (χ3n) is 5.53. The van der Waals surface area contributed by atoms with E-state index in [0.717, 1.165) is 5.56 Å². The van der Waals surface area contributed by atoms with Crippen LogP contribution in [-0.4, -0.2) is 40.5 Å². The molecule has 0 aliphatic carbocycles. The third-order valence-corrected chi connectivity index (χ3v) is 5.53. The van der Waals surface area contributed by atoms with Crippen molar-refractivity contribution in [2.45, 2.75) is 19.9 Å². The van der Waals surface area contributed by atoms with Gasteiger partial charge >= 0.3 is 0 Å². The van der Waals surface area contributed by atoms with E-state index in [4.69, 9.17) is 24.5 Å². The van der Waals surface area contributed by atoms with E-state index < -0.39 is 0 Å². The molecule has 1 amide bonds. The van der Waals surface area contributed by atoms with Crippen molar-refractivity contribution in [3.8, 4) is 34.6 Å². The van der Waals surface area contributed by atoms with Gasteiger partial charge in [-0.05, 0) is 50.2 Å². The molecule has 0 spiro atoms. The maximum absolute atomic E-state index is 13.4. The quantitative estimate of drug-likeness (QED) is 0.439. The first-order valence-corrected chi connectivity index (χ1v) is 11.2. The van der Waals surface area contributed by atoms with Gasteiger partial charge in [-0.15, -0.1) is 0 Å². The molecule has 2 aromatic carbocycles. The Kier molecular flexibility index (Phi) is 5.94. The van der Waals surface area contributed by atoms with E-state index in [-0.39, 0.29) is 18.6 Å². The Labute approximate surface area is 201 Å². The average molecular weight is 470 g/mol. The summed E-state index contributed by atoms with van der Waals surface area (Å²) in [7, 11) is 0. The predicted octanol–water partition coefficient (Wildman–Crippen LogP) is 4.61. The minimum Gasteiger partial charge on any atom is -0.486 e. The molecule has 2 aromatic heterocycles. The average Bonchev–Trinajstić information content (AvgIpc) is 3.31. The predicted molar refractivity (Wildman–Crippen MR) is 130 cm³/mol. The second-order valence-corrected chi connectivity index (χ2v) is 8.26. The van der Waals surface area contributed by atoms with Gasteiger partial charge in [0.25, 0.3) is 5.91 Å². The molecule has 0 radical (unpaired) electrons. The fourth-order valence-electron chi connectivity index (χ4n) is 3.91. The van der Waals surface area contributed by atoms with Crippen LogP contribution in [0.25, 0.3) is 22.3 Å². The number of anilines is 1. The highest BCUT2D eigenvalue weighted by molar-refractivity contribution is 6.12. The molecule has 176 valence electrons. The smallest absolute Gasteiger partial charge is 0.256 e. The largest absolute Gasteiger partial charge is 0.486 e. The van der Waals surface area contributed by atoms with Crippen molar-refractivity contribution in [2.24, 2.45) is 0 Å². The first-order valence-electron chi connectivity index (χ1n) is 11.2. The summed E-state index contributed by atoms with van der Waals surface area (Å²) in [6, 6.07) is 16.3. The van der Waals surface area contributed by atoms with Gasteiger partial charge in [0, 0.05) is 23.4 Å². The Morgan fingerprint density at radius 1 is 1.17 bits per heavy atom. The van der Waals surface area contributed by atoms with Gasteiger partial charge in [-0.1, -0.05) is 6.07 Å². The summed E-state index contributed by atoms with van der Waals surface area (Å²) in [6.07, 6.45) is 1.66. The van der Waals surface area contributed by atoms with Gasteiger partial charge < -0.3 is 19.5 Å². The lowest BCUT2D eigenvalue weighted by Crippen LogP contribution is -2.15. The molecule has 9 nitrogen and oxygen atoms in total. The van der Waals surface area contributed by atoms with Crippen LogP contribution in [-0.2, 0) is 0 Å².